The highest BCUT2D eigenvalue weighted by Crippen LogP contribution is 2.34. The van der Waals surface area contributed by atoms with Gasteiger partial charge in [-0.1, -0.05) is 41.7 Å². The van der Waals surface area contributed by atoms with E-state index in [1.165, 1.54) is 5.56 Å². The second-order valence-corrected chi connectivity index (χ2v) is 10.1. The third-order valence-corrected chi connectivity index (χ3v) is 8.07. The molecule has 6 heteroatoms. The summed E-state index contributed by atoms with van der Waals surface area (Å²) in [5.74, 6) is 2.09. The number of fused-ring (bicyclic) bond motifs is 1. The van der Waals surface area contributed by atoms with Gasteiger partial charge in [0.2, 0.25) is 5.91 Å². The predicted octanol–water partition coefficient (Wildman–Crippen LogP) is 5.00. The molecular weight excluding hydrogens is 418 g/mol. The lowest BCUT2D eigenvalue weighted by Gasteiger charge is -2.37. The average Bonchev–Trinajstić information content (AvgIpc) is 3.28. The quantitative estimate of drug-likeness (QED) is 0.550. The van der Waals surface area contributed by atoms with Gasteiger partial charge in [0.1, 0.15) is 5.75 Å². The summed E-state index contributed by atoms with van der Waals surface area (Å²) in [6.07, 6.45) is 5.21. The molecule has 5 nitrogen and oxygen atoms in total. The number of hydrogen-bond acceptors (Lipinski definition) is 5. The third-order valence-electron chi connectivity index (χ3n) is 6.99. The SMILES string of the molecule is COc1ccc2nc(N3CCC(C(=O)N4CCC(Cc5ccccc5)CC4)CC3)sc2c1. The summed E-state index contributed by atoms with van der Waals surface area (Å²) in [5, 5.41) is 1.06. The topological polar surface area (TPSA) is 45.7 Å². The van der Waals surface area contributed by atoms with Gasteiger partial charge in [-0.2, -0.15) is 0 Å². The first kappa shape index (κ1) is 21.3. The van der Waals surface area contributed by atoms with Gasteiger partial charge in [-0.15, -0.1) is 0 Å². The summed E-state index contributed by atoms with van der Waals surface area (Å²) in [4.78, 5) is 22.4. The number of nitrogens with zero attached hydrogens (tertiary/aromatic N) is 3. The molecule has 3 aromatic rings. The second kappa shape index (κ2) is 9.49. The number of piperidine rings is 2. The molecule has 0 unspecified atom stereocenters. The summed E-state index contributed by atoms with van der Waals surface area (Å²) in [6, 6.07) is 16.8. The van der Waals surface area contributed by atoms with Crippen LogP contribution in [0.25, 0.3) is 10.2 Å². The van der Waals surface area contributed by atoms with Gasteiger partial charge < -0.3 is 14.5 Å². The van der Waals surface area contributed by atoms with Gasteiger partial charge in [0.15, 0.2) is 5.13 Å². The van der Waals surface area contributed by atoms with E-state index in [1.807, 2.05) is 18.2 Å². The van der Waals surface area contributed by atoms with Crippen LogP contribution < -0.4 is 9.64 Å². The molecule has 0 N–H and O–H groups in total. The molecule has 1 aromatic heterocycles. The first-order valence-electron chi connectivity index (χ1n) is 11.7. The lowest BCUT2D eigenvalue weighted by molar-refractivity contribution is -0.137. The molecule has 3 heterocycles. The number of rotatable bonds is 5. The smallest absolute Gasteiger partial charge is 0.225 e. The Bertz CT molecular complexity index is 1050. The molecule has 1 amide bonds. The number of methoxy groups -OCH3 is 1. The van der Waals surface area contributed by atoms with E-state index in [-0.39, 0.29) is 5.92 Å². The highest BCUT2D eigenvalue weighted by Gasteiger charge is 2.31. The lowest BCUT2D eigenvalue weighted by Crippen LogP contribution is -2.45. The monoisotopic (exact) mass is 449 g/mol. The van der Waals surface area contributed by atoms with Crippen molar-refractivity contribution < 1.29 is 9.53 Å². The van der Waals surface area contributed by atoms with Crippen LogP contribution in [-0.4, -0.2) is 49.1 Å². The van der Waals surface area contributed by atoms with E-state index < -0.39 is 0 Å². The Morgan fingerprint density at radius 3 is 2.50 bits per heavy atom. The summed E-state index contributed by atoms with van der Waals surface area (Å²) in [6.45, 7) is 3.63. The molecule has 0 saturated carbocycles. The number of hydrogen-bond donors (Lipinski definition) is 0. The molecule has 2 aliphatic heterocycles. The molecule has 0 aliphatic carbocycles. The van der Waals surface area contributed by atoms with E-state index in [4.69, 9.17) is 9.72 Å². The van der Waals surface area contributed by atoms with Crippen molar-refractivity contribution in [1.82, 2.24) is 9.88 Å². The van der Waals surface area contributed by atoms with Crippen molar-refractivity contribution >= 4 is 32.6 Å². The minimum atomic E-state index is 0.159. The van der Waals surface area contributed by atoms with Gasteiger partial charge in [0.05, 0.1) is 17.3 Å². The van der Waals surface area contributed by atoms with Gasteiger partial charge in [0, 0.05) is 32.1 Å². The van der Waals surface area contributed by atoms with E-state index in [2.05, 4.69) is 40.1 Å². The summed E-state index contributed by atoms with van der Waals surface area (Å²) >= 11 is 1.71. The largest absolute Gasteiger partial charge is 0.497 e. The van der Waals surface area contributed by atoms with E-state index in [1.54, 1.807) is 18.4 Å². The zero-order chi connectivity index (χ0) is 21.9. The Morgan fingerprint density at radius 2 is 1.78 bits per heavy atom. The zero-order valence-corrected chi connectivity index (χ0v) is 19.5. The van der Waals surface area contributed by atoms with Gasteiger partial charge in [0.25, 0.3) is 0 Å². The van der Waals surface area contributed by atoms with E-state index in [0.717, 1.165) is 79.4 Å². The van der Waals surface area contributed by atoms with Gasteiger partial charge >= 0.3 is 0 Å². The predicted molar refractivity (Wildman–Crippen MR) is 131 cm³/mol. The fraction of sp³-hybridized carbons (Fsp3) is 0.462. The van der Waals surface area contributed by atoms with Crippen LogP contribution in [0.5, 0.6) is 5.75 Å². The van der Waals surface area contributed by atoms with Gasteiger partial charge in [-0.25, -0.2) is 4.98 Å². The number of aromatic nitrogens is 1. The zero-order valence-electron chi connectivity index (χ0n) is 18.7. The lowest BCUT2D eigenvalue weighted by atomic mass is 9.88. The number of carbonyl (C=O) groups is 1. The van der Waals surface area contributed by atoms with Crippen LogP contribution in [0.3, 0.4) is 0 Å². The Hall–Kier alpha value is -2.60. The molecular formula is C26H31N3O2S. The van der Waals surface area contributed by atoms with Crippen LogP contribution in [0, 0.1) is 11.8 Å². The molecule has 0 radical (unpaired) electrons. The summed E-state index contributed by atoms with van der Waals surface area (Å²) in [7, 11) is 1.69. The molecule has 5 rings (SSSR count). The van der Waals surface area contributed by atoms with Crippen molar-refractivity contribution in [2.45, 2.75) is 32.1 Å². The van der Waals surface area contributed by atoms with Crippen molar-refractivity contribution in [1.29, 1.82) is 0 Å². The number of amides is 1. The number of benzene rings is 2. The standard InChI is InChI=1S/C26H31N3O2S/c1-31-22-7-8-23-24(18-22)32-26(27-23)29-15-11-21(12-16-29)25(30)28-13-9-20(10-14-28)17-19-5-3-2-4-6-19/h2-8,18,20-21H,9-17H2,1H3. The van der Waals surface area contributed by atoms with Crippen molar-refractivity contribution in [2.75, 3.05) is 38.2 Å². The Balaban J connectivity index is 1.12. The minimum absolute atomic E-state index is 0.159. The molecule has 32 heavy (non-hydrogen) atoms. The van der Waals surface area contributed by atoms with Crippen LogP contribution in [0.2, 0.25) is 0 Å². The van der Waals surface area contributed by atoms with Crippen molar-refractivity contribution in [2.24, 2.45) is 11.8 Å². The molecule has 168 valence electrons. The summed E-state index contributed by atoms with van der Waals surface area (Å²) < 4.78 is 6.48. The molecule has 0 bridgehead atoms. The van der Waals surface area contributed by atoms with Gasteiger partial charge in [-0.3, -0.25) is 4.79 Å². The molecule has 2 aromatic carbocycles. The van der Waals surface area contributed by atoms with Crippen molar-refractivity contribution in [3.63, 3.8) is 0 Å². The van der Waals surface area contributed by atoms with Gasteiger partial charge in [-0.05, 0) is 61.8 Å². The van der Waals surface area contributed by atoms with Crippen LogP contribution >= 0.6 is 11.3 Å². The number of anilines is 1. The maximum Gasteiger partial charge on any atom is 0.225 e. The molecule has 2 saturated heterocycles. The second-order valence-electron chi connectivity index (χ2n) is 9.05. The number of carbonyl (C=O) groups excluding carboxylic acids is 1. The average molecular weight is 450 g/mol. The molecule has 2 fully saturated rings. The number of ether oxygens (including phenoxy) is 1. The summed E-state index contributed by atoms with van der Waals surface area (Å²) in [5.41, 5.74) is 2.43. The fourth-order valence-corrected chi connectivity index (χ4v) is 6.08. The Morgan fingerprint density at radius 1 is 1.03 bits per heavy atom. The molecule has 0 atom stereocenters. The third kappa shape index (κ3) is 4.60. The maximum absolute atomic E-state index is 13.2. The van der Waals surface area contributed by atoms with Crippen LogP contribution in [0.1, 0.15) is 31.2 Å². The van der Waals surface area contributed by atoms with E-state index >= 15 is 0 Å². The maximum atomic E-state index is 13.2. The Kier molecular flexibility index (Phi) is 6.30. The highest BCUT2D eigenvalue weighted by molar-refractivity contribution is 7.22. The number of thiazole rings is 1. The van der Waals surface area contributed by atoms with Crippen molar-refractivity contribution in [3.8, 4) is 5.75 Å². The normalized spacial score (nSPS) is 18.3. The molecule has 2 aliphatic rings. The molecule has 0 spiro atoms. The van der Waals surface area contributed by atoms with Crippen LogP contribution in [-0.2, 0) is 11.2 Å². The highest BCUT2D eigenvalue weighted by atomic mass is 32.1. The Labute approximate surface area is 194 Å². The van der Waals surface area contributed by atoms with Crippen molar-refractivity contribution in [3.05, 3.63) is 54.1 Å². The first-order chi connectivity index (χ1) is 15.7. The number of likely N-dealkylation sites (tertiary alicyclic amines) is 1. The van der Waals surface area contributed by atoms with Crippen LogP contribution in [0.15, 0.2) is 48.5 Å². The first-order valence-corrected chi connectivity index (χ1v) is 12.5. The minimum Gasteiger partial charge on any atom is -0.497 e. The fourth-order valence-electron chi connectivity index (χ4n) is 5.04. The van der Waals surface area contributed by atoms with E-state index in [0.29, 0.717) is 11.8 Å². The van der Waals surface area contributed by atoms with Crippen LogP contribution in [0.4, 0.5) is 5.13 Å². The van der Waals surface area contributed by atoms with E-state index in [9.17, 15) is 4.79 Å².